The van der Waals surface area contributed by atoms with Gasteiger partial charge in [0.25, 0.3) is 5.69 Å². The van der Waals surface area contributed by atoms with Gasteiger partial charge in [0.05, 0.1) is 15.8 Å². The van der Waals surface area contributed by atoms with Crippen molar-refractivity contribution in [2.24, 2.45) is 0 Å². The van der Waals surface area contributed by atoms with Gasteiger partial charge in [-0.3, -0.25) is 24.7 Å². The summed E-state index contributed by atoms with van der Waals surface area (Å²) in [7, 11) is 0. The number of nitro benzene ring substituents is 1. The minimum atomic E-state index is -0.490. The van der Waals surface area contributed by atoms with Gasteiger partial charge in [0.1, 0.15) is 0 Å². The van der Waals surface area contributed by atoms with Crippen LogP contribution in [0.4, 0.5) is 11.5 Å². The second kappa shape index (κ2) is 5.64. The summed E-state index contributed by atoms with van der Waals surface area (Å²) in [6.45, 7) is 0.446. The molecule has 0 radical (unpaired) electrons. The van der Waals surface area contributed by atoms with Gasteiger partial charge >= 0.3 is 0 Å². The third-order valence-electron chi connectivity index (χ3n) is 3.14. The molecule has 9 heteroatoms. The van der Waals surface area contributed by atoms with Crippen molar-refractivity contribution in [2.75, 3.05) is 5.32 Å². The van der Waals surface area contributed by atoms with Gasteiger partial charge in [-0.05, 0) is 12.1 Å². The lowest BCUT2D eigenvalue weighted by atomic mass is 10.2. The normalized spacial score (nSPS) is 10.7. The van der Waals surface area contributed by atoms with Crippen LogP contribution in [0.2, 0.25) is 0 Å². The molecular weight excluding hydrogens is 288 g/mol. The third-order valence-corrected chi connectivity index (χ3v) is 3.14. The molecule has 2 aromatic heterocycles. The summed E-state index contributed by atoms with van der Waals surface area (Å²) in [4.78, 5) is 22.2. The Morgan fingerprint density at radius 3 is 3.05 bits per heavy atom. The molecule has 2 N–H and O–H groups in total. The Kier molecular flexibility index (Phi) is 3.52. The highest BCUT2D eigenvalue weighted by Crippen LogP contribution is 2.25. The lowest BCUT2D eigenvalue weighted by molar-refractivity contribution is -0.384. The van der Waals surface area contributed by atoms with Crippen molar-refractivity contribution >= 4 is 28.3 Å². The van der Waals surface area contributed by atoms with E-state index >= 15 is 0 Å². The van der Waals surface area contributed by atoms with Crippen LogP contribution in [-0.4, -0.2) is 30.8 Å². The summed E-state index contributed by atoms with van der Waals surface area (Å²) in [6.07, 6.45) is 3.63. The maximum atomic E-state index is 11.9. The van der Waals surface area contributed by atoms with Crippen molar-refractivity contribution in [3.8, 4) is 0 Å². The maximum absolute atomic E-state index is 11.9. The van der Waals surface area contributed by atoms with E-state index in [1.165, 1.54) is 12.1 Å². The topological polar surface area (TPSA) is 119 Å². The molecule has 9 nitrogen and oxygen atoms in total. The first-order chi connectivity index (χ1) is 10.6. The van der Waals surface area contributed by atoms with E-state index < -0.39 is 4.92 Å². The largest absolute Gasteiger partial charge is 0.309 e. The molecule has 1 aromatic carbocycles. The van der Waals surface area contributed by atoms with Gasteiger partial charge in [-0.25, -0.2) is 0 Å². The molecule has 0 aliphatic carbocycles. The second-order valence-electron chi connectivity index (χ2n) is 4.63. The number of amides is 1. The van der Waals surface area contributed by atoms with Crippen LogP contribution in [0.15, 0.2) is 36.7 Å². The Balaban J connectivity index is 1.74. The number of carbonyl (C=O) groups is 1. The number of anilines is 1. The SMILES string of the molecule is O=C(CCn1cccn1)Nc1n[nH]c2ccc([N+](=O)[O-])cc12. The summed E-state index contributed by atoms with van der Waals surface area (Å²) in [5.41, 5.74) is 0.564. The Hall–Kier alpha value is -3.23. The summed E-state index contributed by atoms with van der Waals surface area (Å²) in [5, 5.41) is 24.7. The van der Waals surface area contributed by atoms with E-state index in [4.69, 9.17) is 0 Å². The van der Waals surface area contributed by atoms with E-state index in [0.29, 0.717) is 17.4 Å². The quantitative estimate of drug-likeness (QED) is 0.549. The molecule has 0 fully saturated rings. The number of fused-ring (bicyclic) bond motifs is 1. The van der Waals surface area contributed by atoms with Crippen LogP contribution in [0, 0.1) is 10.1 Å². The molecule has 22 heavy (non-hydrogen) atoms. The van der Waals surface area contributed by atoms with E-state index in [9.17, 15) is 14.9 Å². The molecule has 3 aromatic rings. The maximum Gasteiger partial charge on any atom is 0.270 e. The lowest BCUT2D eigenvalue weighted by Gasteiger charge is -2.03. The van der Waals surface area contributed by atoms with Gasteiger partial charge in [0.2, 0.25) is 5.91 Å². The molecule has 0 unspecified atom stereocenters. The van der Waals surface area contributed by atoms with E-state index in [1.807, 2.05) is 0 Å². The molecule has 0 aliphatic rings. The monoisotopic (exact) mass is 300 g/mol. The molecule has 0 aliphatic heterocycles. The van der Waals surface area contributed by atoms with E-state index in [1.54, 1.807) is 29.2 Å². The molecule has 0 atom stereocenters. The predicted octanol–water partition coefficient (Wildman–Crippen LogP) is 1.70. The number of hydrogen-bond acceptors (Lipinski definition) is 5. The number of benzene rings is 1. The minimum Gasteiger partial charge on any atom is -0.309 e. The van der Waals surface area contributed by atoms with Gasteiger partial charge in [0, 0.05) is 37.5 Å². The Labute approximate surface area is 124 Å². The van der Waals surface area contributed by atoms with Crippen molar-refractivity contribution in [3.05, 3.63) is 46.8 Å². The zero-order chi connectivity index (χ0) is 15.5. The van der Waals surface area contributed by atoms with E-state index in [0.717, 1.165) is 0 Å². The Bertz CT molecular complexity index is 824. The summed E-state index contributed by atoms with van der Waals surface area (Å²) in [6, 6.07) is 6.09. The highest BCUT2D eigenvalue weighted by molar-refractivity contribution is 6.00. The number of non-ortho nitro benzene ring substituents is 1. The van der Waals surface area contributed by atoms with Crippen LogP contribution >= 0.6 is 0 Å². The van der Waals surface area contributed by atoms with Gasteiger partial charge in [0.15, 0.2) is 5.82 Å². The third kappa shape index (κ3) is 2.77. The number of H-pyrrole nitrogens is 1. The fourth-order valence-corrected chi connectivity index (χ4v) is 2.05. The molecule has 3 rings (SSSR count). The summed E-state index contributed by atoms with van der Waals surface area (Å²) >= 11 is 0. The smallest absolute Gasteiger partial charge is 0.270 e. The van der Waals surface area contributed by atoms with Crippen molar-refractivity contribution in [3.63, 3.8) is 0 Å². The predicted molar refractivity (Wildman–Crippen MR) is 78.2 cm³/mol. The molecule has 0 saturated carbocycles. The lowest BCUT2D eigenvalue weighted by Crippen LogP contribution is -2.15. The van der Waals surface area contributed by atoms with E-state index in [2.05, 4.69) is 20.6 Å². The molecule has 0 saturated heterocycles. The number of hydrogen-bond donors (Lipinski definition) is 2. The van der Waals surface area contributed by atoms with Gasteiger partial charge < -0.3 is 5.32 Å². The zero-order valence-corrected chi connectivity index (χ0v) is 11.4. The highest BCUT2D eigenvalue weighted by Gasteiger charge is 2.13. The number of nitrogens with zero attached hydrogens (tertiary/aromatic N) is 4. The van der Waals surface area contributed by atoms with Crippen molar-refractivity contribution in [1.82, 2.24) is 20.0 Å². The Morgan fingerprint density at radius 2 is 2.32 bits per heavy atom. The summed E-state index contributed by atoms with van der Waals surface area (Å²) in [5.74, 6) is 0.0413. The number of aromatic amines is 1. The van der Waals surface area contributed by atoms with Gasteiger partial charge in [-0.1, -0.05) is 0 Å². The average Bonchev–Trinajstić information content (AvgIpc) is 3.14. The Morgan fingerprint density at radius 1 is 1.45 bits per heavy atom. The first-order valence-electron chi connectivity index (χ1n) is 6.53. The summed E-state index contributed by atoms with van der Waals surface area (Å²) < 4.78 is 1.65. The number of aryl methyl sites for hydroxylation is 1. The number of nitro groups is 1. The number of aromatic nitrogens is 4. The van der Waals surface area contributed by atoms with Crippen LogP contribution in [-0.2, 0) is 11.3 Å². The molecule has 112 valence electrons. The van der Waals surface area contributed by atoms with Crippen LogP contribution < -0.4 is 5.32 Å². The van der Waals surface area contributed by atoms with Gasteiger partial charge in [-0.2, -0.15) is 10.2 Å². The van der Waals surface area contributed by atoms with Crippen molar-refractivity contribution in [1.29, 1.82) is 0 Å². The first kappa shape index (κ1) is 13.7. The molecule has 1 amide bonds. The highest BCUT2D eigenvalue weighted by atomic mass is 16.6. The molecule has 0 spiro atoms. The standard InChI is InChI=1S/C13H12N6O3/c20-12(4-7-18-6-1-5-14-18)15-13-10-8-9(19(21)22)2-3-11(10)16-17-13/h1-3,5-6,8H,4,7H2,(H2,15,16,17,20). The van der Waals surface area contributed by atoms with Crippen LogP contribution in [0.5, 0.6) is 0 Å². The number of nitrogens with one attached hydrogen (secondary N) is 2. The molecular formula is C13H12N6O3. The number of carbonyl (C=O) groups excluding carboxylic acids is 1. The fourth-order valence-electron chi connectivity index (χ4n) is 2.05. The number of rotatable bonds is 5. The average molecular weight is 300 g/mol. The fraction of sp³-hybridized carbons (Fsp3) is 0.154. The van der Waals surface area contributed by atoms with Crippen LogP contribution in [0.1, 0.15) is 6.42 Å². The van der Waals surface area contributed by atoms with Crippen LogP contribution in [0.3, 0.4) is 0 Å². The zero-order valence-electron chi connectivity index (χ0n) is 11.4. The second-order valence-corrected chi connectivity index (χ2v) is 4.63. The first-order valence-corrected chi connectivity index (χ1v) is 6.53. The van der Waals surface area contributed by atoms with Crippen molar-refractivity contribution < 1.29 is 9.72 Å². The van der Waals surface area contributed by atoms with Crippen molar-refractivity contribution in [2.45, 2.75) is 13.0 Å². The molecule has 0 bridgehead atoms. The van der Waals surface area contributed by atoms with Crippen LogP contribution in [0.25, 0.3) is 10.9 Å². The molecule has 2 heterocycles. The minimum absolute atomic E-state index is 0.0547. The van der Waals surface area contributed by atoms with E-state index in [-0.39, 0.29) is 23.8 Å². The van der Waals surface area contributed by atoms with Gasteiger partial charge in [-0.15, -0.1) is 0 Å².